The van der Waals surface area contributed by atoms with Crippen molar-refractivity contribution in [1.82, 2.24) is 4.90 Å². The van der Waals surface area contributed by atoms with Gasteiger partial charge in [-0.1, -0.05) is 12.1 Å². The van der Waals surface area contributed by atoms with Gasteiger partial charge in [-0.25, -0.2) is 0 Å². The summed E-state index contributed by atoms with van der Waals surface area (Å²) in [7, 11) is 4.19. The van der Waals surface area contributed by atoms with Gasteiger partial charge in [-0.2, -0.15) is 0 Å². The summed E-state index contributed by atoms with van der Waals surface area (Å²) in [5.74, 6) is 0. The van der Waals surface area contributed by atoms with Crippen molar-refractivity contribution in [1.29, 1.82) is 0 Å². The van der Waals surface area contributed by atoms with Gasteiger partial charge in [-0.05, 0) is 52.1 Å². The van der Waals surface area contributed by atoms with Crippen molar-refractivity contribution in [3.8, 4) is 0 Å². The molecule has 0 spiro atoms. The lowest BCUT2D eigenvalue weighted by atomic mass is 10.1. The number of benzene rings is 1. The van der Waals surface area contributed by atoms with Crippen LogP contribution in [0.3, 0.4) is 0 Å². The molecule has 0 aromatic heterocycles. The molecule has 0 saturated carbocycles. The summed E-state index contributed by atoms with van der Waals surface area (Å²) in [6.07, 6.45) is 0. The first kappa shape index (κ1) is 12.1. The summed E-state index contributed by atoms with van der Waals surface area (Å²) in [6, 6.07) is 7.11. The molecule has 1 rings (SSSR count). The number of aryl methyl sites for hydroxylation is 1. The molecule has 0 unspecified atom stereocenters. The Kier molecular flexibility index (Phi) is 4.15. The highest BCUT2D eigenvalue weighted by Crippen LogP contribution is 2.18. The molecule has 0 aliphatic heterocycles. The summed E-state index contributed by atoms with van der Waals surface area (Å²) in [5.41, 5.74) is 3.92. The van der Waals surface area contributed by atoms with Crippen molar-refractivity contribution in [2.45, 2.75) is 33.4 Å². The second kappa shape index (κ2) is 5.17. The summed E-state index contributed by atoms with van der Waals surface area (Å²) >= 11 is 0. The number of anilines is 1. The van der Waals surface area contributed by atoms with Crippen LogP contribution in [0.1, 0.15) is 25.0 Å². The van der Waals surface area contributed by atoms with Gasteiger partial charge in [0, 0.05) is 18.3 Å². The molecule has 0 fully saturated rings. The smallest absolute Gasteiger partial charge is 0.0375 e. The fourth-order valence-corrected chi connectivity index (χ4v) is 1.60. The van der Waals surface area contributed by atoms with Gasteiger partial charge < -0.3 is 10.2 Å². The van der Waals surface area contributed by atoms with Gasteiger partial charge in [-0.3, -0.25) is 0 Å². The number of rotatable bonds is 4. The molecule has 0 radical (unpaired) electrons. The number of nitrogens with one attached hydrogen (secondary N) is 1. The highest BCUT2D eigenvalue weighted by molar-refractivity contribution is 5.53. The number of hydrogen-bond acceptors (Lipinski definition) is 2. The molecule has 2 nitrogen and oxygen atoms in total. The van der Waals surface area contributed by atoms with Crippen LogP contribution in [-0.4, -0.2) is 25.0 Å². The first-order valence-electron chi connectivity index (χ1n) is 5.50. The van der Waals surface area contributed by atoms with Gasteiger partial charge in [0.1, 0.15) is 0 Å². The third-order valence-electron chi connectivity index (χ3n) is 2.24. The standard InChI is InChI=1S/C13H22N2/c1-10(2)14-13-8-12(9-15(4)5)7-6-11(13)3/h6-8,10,14H,9H2,1-5H3. The van der Waals surface area contributed by atoms with E-state index in [4.69, 9.17) is 0 Å². The van der Waals surface area contributed by atoms with Crippen molar-refractivity contribution in [3.05, 3.63) is 29.3 Å². The van der Waals surface area contributed by atoms with Crippen LogP contribution in [0.4, 0.5) is 5.69 Å². The van der Waals surface area contributed by atoms with Crippen molar-refractivity contribution in [2.24, 2.45) is 0 Å². The summed E-state index contributed by atoms with van der Waals surface area (Å²) in [5, 5.41) is 3.47. The predicted molar refractivity (Wildman–Crippen MR) is 67.3 cm³/mol. The maximum atomic E-state index is 3.47. The van der Waals surface area contributed by atoms with E-state index in [1.807, 2.05) is 0 Å². The van der Waals surface area contributed by atoms with E-state index in [2.05, 4.69) is 63.3 Å². The van der Waals surface area contributed by atoms with Crippen molar-refractivity contribution in [3.63, 3.8) is 0 Å². The fourth-order valence-electron chi connectivity index (χ4n) is 1.60. The van der Waals surface area contributed by atoms with Gasteiger partial charge in [0.15, 0.2) is 0 Å². The average molecular weight is 206 g/mol. The summed E-state index contributed by atoms with van der Waals surface area (Å²) < 4.78 is 0. The molecule has 0 amide bonds. The highest BCUT2D eigenvalue weighted by Gasteiger charge is 2.02. The topological polar surface area (TPSA) is 15.3 Å². The Balaban J connectivity index is 2.85. The van der Waals surface area contributed by atoms with Crippen LogP contribution in [0.15, 0.2) is 18.2 Å². The monoisotopic (exact) mass is 206 g/mol. The molecule has 0 atom stereocenters. The Morgan fingerprint density at radius 1 is 1.27 bits per heavy atom. The Labute approximate surface area is 93.3 Å². The lowest BCUT2D eigenvalue weighted by molar-refractivity contribution is 0.402. The lowest BCUT2D eigenvalue weighted by Crippen LogP contribution is -2.13. The quantitative estimate of drug-likeness (QED) is 0.815. The van der Waals surface area contributed by atoms with Gasteiger partial charge in [0.25, 0.3) is 0 Å². The van der Waals surface area contributed by atoms with Gasteiger partial charge in [0.2, 0.25) is 0 Å². The van der Waals surface area contributed by atoms with E-state index in [-0.39, 0.29) is 0 Å². The molecule has 1 N–H and O–H groups in total. The molecule has 1 aromatic rings. The molecule has 84 valence electrons. The number of hydrogen-bond donors (Lipinski definition) is 1. The fraction of sp³-hybridized carbons (Fsp3) is 0.538. The van der Waals surface area contributed by atoms with Gasteiger partial charge in [-0.15, -0.1) is 0 Å². The summed E-state index contributed by atoms with van der Waals surface area (Å²) in [6.45, 7) is 7.47. The molecule has 0 aliphatic rings. The highest BCUT2D eigenvalue weighted by atomic mass is 15.0. The molecule has 0 bridgehead atoms. The van der Waals surface area contributed by atoms with E-state index in [9.17, 15) is 0 Å². The van der Waals surface area contributed by atoms with E-state index < -0.39 is 0 Å². The maximum Gasteiger partial charge on any atom is 0.0375 e. The third-order valence-corrected chi connectivity index (χ3v) is 2.24. The molecule has 0 heterocycles. The minimum absolute atomic E-state index is 0.485. The Bertz CT molecular complexity index is 316. The van der Waals surface area contributed by atoms with Crippen LogP contribution < -0.4 is 5.32 Å². The van der Waals surface area contributed by atoms with E-state index in [1.165, 1.54) is 16.8 Å². The van der Waals surface area contributed by atoms with Crippen molar-refractivity contribution >= 4 is 5.69 Å². The molecule has 2 heteroatoms. The molecular weight excluding hydrogens is 184 g/mol. The molecule has 0 saturated heterocycles. The van der Waals surface area contributed by atoms with Crippen LogP contribution in [0.2, 0.25) is 0 Å². The van der Waals surface area contributed by atoms with Crippen LogP contribution in [0, 0.1) is 6.92 Å². The second-order valence-electron chi connectivity index (χ2n) is 4.69. The minimum atomic E-state index is 0.485. The average Bonchev–Trinajstić information content (AvgIpc) is 2.09. The second-order valence-corrected chi connectivity index (χ2v) is 4.69. The molecular formula is C13H22N2. The van der Waals surface area contributed by atoms with E-state index in [0.717, 1.165) is 6.54 Å². The van der Waals surface area contributed by atoms with Crippen molar-refractivity contribution < 1.29 is 0 Å². The van der Waals surface area contributed by atoms with Crippen LogP contribution in [0.5, 0.6) is 0 Å². The molecule has 0 aliphatic carbocycles. The minimum Gasteiger partial charge on any atom is -0.383 e. The normalized spacial score (nSPS) is 11.1. The van der Waals surface area contributed by atoms with Crippen molar-refractivity contribution in [2.75, 3.05) is 19.4 Å². The number of nitrogens with zero attached hydrogens (tertiary/aromatic N) is 1. The van der Waals surface area contributed by atoms with E-state index in [1.54, 1.807) is 0 Å². The maximum absolute atomic E-state index is 3.47. The first-order chi connectivity index (χ1) is 6.99. The Morgan fingerprint density at radius 3 is 2.47 bits per heavy atom. The Hall–Kier alpha value is -1.02. The van der Waals surface area contributed by atoms with E-state index in [0.29, 0.717) is 6.04 Å². The van der Waals surface area contributed by atoms with Gasteiger partial charge in [0.05, 0.1) is 0 Å². The van der Waals surface area contributed by atoms with Crippen LogP contribution in [-0.2, 0) is 6.54 Å². The van der Waals surface area contributed by atoms with Crippen LogP contribution in [0.25, 0.3) is 0 Å². The van der Waals surface area contributed by atoms with E-state index >= 15 is 0 Å². The molecule has 15 heavy (non-hydrogen) atoms. The zero-order chi connectivity index (χ0) is 11.4. The van der Waals surface area contributed by atoms with Gasteiger partial charge >= 0.3 is 0 Å². The zero-order valence-corrected chi connectivity index (χ0v) is 10.5. The first-order valence-corrected chi connectivity index (χ1v) is 5.50. The third kappa shape index (κ3) is 3.92. The summed E-state index contributed by atoms with van der Waals surface area (Å²) in [4.78, 5) is 2.18. The predicted octanol–water partition coefficient (Wildman–Crippen LogP) is 2.88. The Morgan fingerprint density at radius 2 is 1.93 bits per heavy atom. The zero-order valence-electron chi connectivity index (χ0n) is 10.5. The SMILES string of the molecule is Cc1ccc(CN(C)C)cc1NC(C)C. The van der Waals surface area contributed by atoms with Crippen LogP contribution >= 0.6 is 0 Å². The largest absolute Gasteiger partial charge is 0.383 e. The lowest BCUT2D eigenvalue weighted by Gasteiger charge is -2.16. The molecule has 1 aromatic carbocycles.